The van der Waals surface area contributed by atoms with Gasteiger partial charge in [0.1, 0.15) is 17.2 Å². The van der Waals surface area contributed by atoms with Crippen molar-refractivity contribution in [2.24, 2.45) is 0 Å². The molecule has 0 fully saturated rings. The second-order valence-electron chi connectivity index (χ2n) is 23.8. The van der Waals surface area contributed by atoms with Crippen molar-refractivity contribution < 1.29 is 28.4 Å². The van der Waals surface area contributed by atoms with Crippen molar-refractivity contribution in [2.45, 2.75) is 118 Å². The summed E-state index contributed by atoms with van der Waals surface area (Å²) < 4.78 is 38.3. The standard InChI is InChI=1S/C84H93O6P3/c1-67-82(64-85-58-28-4-7-31-61-88-70-46-52-79(53-47-70)91(73-34-16-10-17-35-73)74-36-18-11-19-37-74)68(2)84(66-87-60-30-6-9-33-63-90-72-50-56-81(57-51-72)93(77-42-24-14-25-43-77)78-44-26-15-27-45-78)69(3)83(67)65-86-59-29-5-8-32-62-89-71-48-54-80(55-49-71)92(75-38-20-12-21-39-75)76-40-22-13-23-41-76/h10-27,34-57H,4-9,28-33,58-66H2,1-3H3. The lowest BCUT2D eigenvalue weighted by Crippen LogP contribution is -2.20. The summed E-state index contributed by atoms with van der Waals surface area (Å²) in [5.74, 6) is 2.79. The Morgan fingerprint density at radius 3 is 0.591 bits per heavy atom. The van der Waals surface area contributed by atoms with E-state index in [9.17, 15) is 0 Å². The van der Waals surface area contributed by atoms with E-state index in [-0.39, 0.29) is 0 Å². The Hall–Kier alpha value is -7.23. The van der Waals surface area contributed by atoms with Crippen LogP contribution in [0.5, 0.6) is 17.2 Å². The molecule has 0 saturated heterocycles. The fraction of sp³-hybridized carbons (Fsp3) is 0.286. The number of hydrogen-bond donors (Lipinski definition) is 0. The van der Waals surface area contributed by atoms with Gasteiger partial charge in [-0.25, -0.2) is 0 Å². The fourth-order valence-corrected chi connectivity index (χ4v) is 18.8. The summed E-state index contributed by atoms with van der Waals surface area (Å²) in [4.78, 5) is 0. The Kier molecular flexibility index (Phi) is 28.2. The first-order valence-corrected chi connectivity index (χ1v) is 37.7. The van der Waals surface area contributed by atoms with Crippen LogP contribution in [0.4, 0.5) is 0 Å². The van der Waals surface area contributed by atoms with Crippen LogP contribution in [0.1, 0.15) is 110 Å². The maximum Gasteiger partial charge on any atom is 0.119 e. The molecule has 10 aromatic rings. The molecule has 0 aromatic heterocycles. The summed E-state index contributed by atoms with van der Waals surface area (Å²) >= 11 is 0. The van der Waals surface area contributed by atoms with E-state index in [1.54, 1.807) is 0 Å². The van der Waals surface area contributed by atoms with Gasteiger partial charge in [0.25, 0.3) is 0 Å². The lowest BCUT2D eigenvalue weighted by atomic mass is 9.89. The van der Waals surface area contributed by atoms with Gasteiger partial charge in [-0.3, -0.25) is 0 Å². The average molecular weight is 1290 g/mol. The van der Waals surface area contributed by atoms with Crippen LogP contribution in [-0.2, 0) is 34.0 Å². The highest BCUT2D eigenvalue weighted by atomic mass is 31.1. The zero-order valence-corrected chi connectivity index (χ0v) is 57.6. The first kappa shape index (κ1) is 68.6. The molecule has 0 bridgehead atoms. The van der Waals surface area contributed by atoms with Crippen molar-refractivity contribution >= 4 is 71.5 Å². The Morgan fingerprint density at radius 2 is 0.387 bits per heavy atom. The summed E-state index contributed by atoms with van der Waals surface area (Å²) in [5.41, 5.74) is 7.63. The molecule has 0 aliphatic carbocycles. The number of benzene rings is 10. The van der Waals surface area contributed by atoms with E-state index in [1.807, 2.05) is 0 Å². The van der Waals surface area contributed by atoms with Gasteiger partial charge in [-0.05, 0) is 220 Å². The predicted octanol–water partition coefficient (Wildman–Crippen LogP) is 17.4. The fourth-order valence-electron chi connectivity index (χ4n) is 12.0. The maximum atomic E-state index is 6.50. The molecule has 6 nitrogen and oxygen atoms in total. The van der Waals surface area contributed by atoms with Crippen molar-refractivity contribution in [3.63, 3.8) is 0 Å². The van der Waals surface area contributed by atoms with Crippen molar-refractivity contribution in [1.29, 1.82) is 0 Å². The number of hydrogen-bond acceptors (Lipinski definition) is 6. The molecule has 0 aliphatic rings. The highest BCUT2D eigenvalue weighted by molar-refractivity contribution is 7.80. The molecule has 0 atom stereocenters. The third kappa shape index (κ3) is 20.9. The molecule has 0 N–H and O–H groups in total. The van der Waals surface area contributed by atoms with Crippen LogP contribution in [0, 0.1) is 20.8 Å². The second kappa shape index (κ2) is 38.2. The maximum absolute atomic E-state index is 6.50. The van der Waals surface area contributed by atoms with Gasteiger partial charge in [0.2, 0.25) is 0 Å². The quantitative estimate of drug-likeness (QED) is 0.0283. The van der Waals surface area contributed by atoms with E-state index < -0.39 is 23.8 Å². The van der Waals surface area contributed by atoms with Crippen LogP contribution in [0.15, 0.2) is 255 Å². The summed E-state index contributed by atoms with van der Waals surface area (Å²) in [7, 11) is -1.90. The molecule has 0 radical (unpaired) electrons. The van der Waals surface area contributed by atoms with Crippen LogP contribution in [0.2, 0.25) is 0 Å². The number of unbranched alkanes of at least 4 members (excludes halogenated alkanes) is 9. The van der Waals surface area contributed by atoms with Gasteiger partial charge in [0.05, 0.1) is 39.6 Å². The first-order chi connectivity index (χ1) is 46.0. The lowest BCUT2D eigenvalue weighted by molar-refractivity contribution is 0.107. The van der Waals surface area contributed by atoms with Gasteiger partial charge in [-0.1, -0.05) is 238 Å². The molecule has 10 aromatic carbocycles. The zero-order valence-electron chi connectivity index (χ0n) is 54.9. The minimum Gasteiger partial charge on any atom is -0.494 e. The first-order valence-electron chi connectivity index (χ1n) is 33.7. The molecule has 0 unspecified atom stereocenters. The normalized spacial score (nSPS) is 11.4. The Morgan fingerprint density at radius 1 is 0.204 bits per heavy atom. The summed E-state index contributed by atoms with van der Waals surface area (Å²) in [6.45, 7) is 12.8. The zero-order chi connectivity index (χ0) is 63.9. The third-order valence-electron chi connectivity index (χ3n) is 17.2. The molecule has 9 heteroatoms. The minimum absolute atomic E-state index is 0.581. The van der Waals surface area contributed by atoms with Gasteiger partial charge in [0.15, 0.2) is 0 Å². The Bertz CT molecular complexity index is 3160. The third-order valence-corrected chi connectivity index (χ3v) is 24.5. The van der Waals surface area contributed by atoms with E-state index in [4.69, 9.17) is 28.4 Å². The predicted molar refractivity (Wildman–Crippen MR) is 397 cm³/mol. The van der Waals surface area contributed by atoms with Crippen LogP contribution in [0.25, 0.3) is 0 Å². The average Bonchev–Trinajstić information content (AvgIpc) is 1.06. The number of rotatable bonds is 39. The highest BCUT2D eigenvalue weighted by Gasteiger charge is 2.21. The molecule has 0 spiro atoms. The Balaban J connectivity index is 0.658. The van der Waals surface area contributed by atoms with Crippen molar-refractivity contribution in [3.05, 3.63) is 288 Å². The summed E-state index contributed by atoms with van der Waals surface area (Å²) in [6.07, 6.45) is 12.7. The van der Waals surface area contributed by atoms with Crippen LogP contribution >= 0.6 is 23.8 Å². The summed E-state index contributed by atoms with van der Waals surface area (Å²) in [5, 5.41) is 12.1. The van der Waals surface area contributed by atoms with Crippen LogP contribution in [0.3, 0.4) is 0 Å². The molecule has 0 amide bonds. The molecular formula is C84H93O6P3. The van der Waals surface area contributed by atoms with E-state index in [1.165, 1.54) is 81.1 Å². The van der Waals surface area contributed by atoms with Crippen LogP contribution in [-0.4, -0.2) is 39.6 Å². The van der Waals surface area contributed by atoms with Crippen molar-refractivity contribution in [2.75, 3.05) is 39.6 Å². The lowest BCUT2D eigenvalue weighted by Gasteiger charge is -2.23. The summed E-state index contributed by atoms with van der Waals surface area (Å²) in [6, 6.07) is 91.4. The molecule has 0 aliphatic heterocycles. The van der Waals surface area contributed by atoms with Crippen molar-refractivity contribution in [1.82, 2.24) is 0 Å². The van der Waals surface area contributed by atoms with Gasteiger partial charge in [0, 0.05) is 19.8 Å². The van der Waals surface area contributed by atoms with Crippen LogP contribution < -0.4 is 62.0 Å². The topological polar surface area (TPSA) is 55.4 Å². The van der Waals surface area contributed by atoms with Gasteiger partial charge < -0.3 is 28.4 Å². The molecule has 0 saturated carbocycles. The smallest absolute Gasteiger partial charge is 0.119 e. The minimum atomic E-state index is -0.634. The molecule has 10 rings (SSSR count). The van der Waals surface area contributed by atoms with Gasteiger partial charge in [-0.15, -0.1) is 0 Å². The highest BCUT2D eigenvalue weighted by Crippen LogP contribution is 2.36. The second-order valence-corrected chi connectivity index (χ2v) is 30.4. The molecule has 480 valence electrons. The number of ether oxygens (including phenoxy) is 6. The van der Waals surface area contributed by atoms with Gasteiger partial charge >= 0.3 is 0 Å². The van der Waals surface area contributed by atoms with E-state index in [0.717, 1.165) is 114 Å². The SMILES string of the molecule is Cc1c(COCCCCCCOc2ccc(P(c3ccccc3)c3ccccc3)cc2)c(C)c(COCCCCCCOc2ccc(P(c3ccccc3)c3ccccc3)cc2)c(C)c1COCCCCCCOc1ccc(P(c2ccccc2)c2ccccc2)cc1. The van der Waals surface area contributed by atoms with E-state index in [0.29, 0.717) is 39.6 Å². The van der Waals surface area contributed by atoms with Crippen molar-refractivity contribution in [3.8, 4) is 17.2 Å². The Labute approximate surface area is 559 Å². The molecule has 93 heavy (non-hydrogen) atoms. The van der Waals surface area contributed by atoms with Gasteiger partial charge in [-0.2, -0.15) is 0 Å². The monoisotopic (exact) mass is 1290 g/mol. The van der Waals surface area contributed by atoms with E-state index in [2.05, 4.69) is 276 Å². The van der Waals surface area contributed by atoms with E-state index >= 15 is 0 Å². The molecular weight excluding hydrogens is 1200 g/mol. The molecule has 0 heterocycles. The largest absolute Gasteiger partial charge is 0.494 e.